The minimum Gasteiger partial charge on any atom is -0.350 e. The highest BCUT2D eigenvalue weighted by Gasteiger charge is 2.11. The van der Waals surface area contributed by atoms with Gasteiger partial charge in [0.15, 0.2) is 0 Å². The highest BCUT2D eigenvalue weighted by Crippen LogP contribution is 2.22. The van der Waals surface area contributed by atoms with E-state index in [4.69, 9.17) is 0 Å². The van der Waals surface area contributed by atoms with E-state index in [1.165, 1.54) is 0 Å². The maximum atomic E-state index is 12.3. The summed E-state index contributed by atoms with van der Waals surface area (Å²) in [4.78, 5) is 12.3. The second kappa shape index (κ2) is 6.20. The van der Waals surface area contributed by atoms with E-state index in [9.17, 15) is 10.1 Å². The molecule has 0 aliphatic carbocycles. The van der Waals surface area contributed by atoms with Crippen molar-refractivity contribution in [1.29, 1.82) is 5.26 Å². The quantitative estimate of drug-likeness (QED) is 0.592. The zero-order valence-corrected chi connectivity index (χ0v) is 12.7. The molecule has 0 aliphatic rings. The lowest BCUT2D eigenvalue weighted by Gasteiger charge is -2.03. The molecule has 1 amide bonds. The largest absolute Gasteiger partial charge is 0.350 e. The number of rotatable bonds is 3. The zero-order valence-electron chi connectivity index (χ0n) is 12.7. The van der Waals surface area contributed by atoms with Crippen LogP contribution in [0.25, 0.3) is 17.0 Å². The first-order chi connectivity index (χ1) is 11.2. The van der Waals surface area contributed by atoms with Gasteiger partial charge >= 0.3 is 0 Å². The van der Waals surface area contributed by atoms with Crippen molar-refractivity contribution in [2.75, 3.05) is 5.32 Å². The van der Waals surface area contributed by atoms with E-state index in [-0.39, 0.29) is 5.57 Å². The average Bonchev–Trinajstić information content (AvgIpc) is 2.90. The number of amides is 1. The molecule has 4 heteroatoms. The summed E-state index contributed by atoms with van der Waals surface area (Å²) in [7, 11) is 1.94. The molecule has 0 spiro atoms. The molecule has 2 aromatic carbocycles. The van der Waals surface area contributed by atoms with Gasteiger partial charge in [0.2, 0.25) is 0 Å². The van der Waals surface area contributed by atoms with E-state index in [1.807, 2.05) is 66.3 Å². The lowest BCUT2D eigenvalue weighted by molar-refractivity contribution is -0.112. The van der Waals surface area contributed by atoms with Gasteiger partial charge in [0.05, 0.1) is 0 Å². The van der Waals surface area contributed by atoms with Crippen LogP contribution in [0.15, 0.2) is 66.4 Å². The smallest absolute Gasteiger partial charge is 0.266 e. The maximum absolute atomic E-state index is 12.3. The molecule has 0 radical (unpaired) electrons. The zero-order chi connectivity index (χ0) is 16.2. The van der Waals surface area contributed by atoms with Gasteiger partial charge in [-0.1, -0.05) is 36.4 Å². The lowest BCUT2D eigenvalue weighted by Crippen LogP contribution is -2.13. The molecule has 0 unspecified atom stereocenters. The number of hydrogen-bond donors (Lipinski definition) is 1. The Morgan fingerprint density at radius 2 is 1.83 bits per heavy atom. The van der Waals surface area contributed by atoms with Crippen LogP contribution in [-0.4, -0.2) is 10.5 Å². The average molecular weight is 301 g/mol. The summed E-state index contributed by atoms with van der Waals surface area (Å²) in [6.45, 7) is 0. The Hall–Kier alpha value is -3.32. The molecule has 0 aliphatic heterocycles. The molecule has 0 saturated carbocycles. The topological polar surface area (TPSA) is 57.8 Å². The molecule has 1 aromatic heterocycles. The second-order valence-electron chi connectivity index (χ2n) is 5.20. The summed E-state index contributed by atoms with van der Waals surface area (Å²) in [5.74, 6) is -0.411. The molecule has 3 aromatic rings. The van der Waals surface area contributed by atoms with Crippen LogP contribution in [0, 0.1) is 11.3 Å². The summed E-state index contributed by atoms with van der Waals surface area (Å²) < 4.78 is 1.98. The summed E-state index contributed by atoms with van der Waals surface area (Å²) in [5.41, 5.74) is 2.64. The van der Waals surface area contributed by atoms with Crippen LogP contribution >= 0.6 is 0 Å². The van der Waals surface area contributed by atoms with Gasteiger partial charge in [-0.15, -0.1) is 0 Å². The molecular weight excluding hydrogens is 286 g/mol. The first-order valence-corrected chi connectivity index (χ1v) is 7.21. The second-order valence-corrected chi connectivity index (χ2v) is 5.20. The molecule has 1 heterocycles. The normalized spacial score (nSPS) is 11.2. The van der Waals surface area contributed by atoms with E-state index < -0.39 is 5.91 Å². The fraction of sp³-hybridized carbons (Fsp3) is 0.0526. The molecule has 112 valence electrons. The number of nitrogens with zero attached hydrogens (tertiary/aromatic N) is 2. The standard InChI is InChI=1S/C19H15N3O/c1-22-13-15(17-9-5-6-10-18(17)22)11-14(12-20)19(23)21-16-7-3-2-4-8-16/h2-11,13H,1H3,(H,21,23)/b14-11+. The number of fused-ring (bicyclic) bond motifs is 1. The van der Waals surface area contributed by atoms with Gasteiger partial charge in [-0.3, -0.25) is 4.79 Å². The Bertz CT molecular complexity index is 930. The van der Waals surface area contributed by atoms with Crippen molar-refractivity contribution in [3.63, 3.8) is 0 Å². The maximum Gasteiger partial charge on any atom is 0.266 e. The summed E-state index contributed by atoms with van der Waals surface area (Å²) >= 11 is 0. The van der Waals surface area contributed by atoms with E-state index in [2.05, 4.69) is 5.32 Å². The highest BCUT2D eigenvalue weighted by molar-refractivity contribution is 6.10. The first kappa shape index (κ1) is 14.6. The number of nitriles is 1. The third-order valence-electron chi connectivity index (χ3n) is 3.62. The van der Waals surface area contributed by atoms with Gasteiger partial charge in [-0.05, 0) is 24.3 Å². The number of carbonyl (C=O) groups excluding carboxylic acids is 1. The number of nitrogens with one attached hydrogen (secondary N) is 1. The van der Waals surface area contributed by atoms with Crippen molar-refractivity contribution in [3.05, 3.63) is 71.9 Å². The van der Waals surface area contributed by atoms with Crippen molar-refractivity contribution < 1.29 is 4.79 Å². The highest BCUT2D eigenvalue weighted by atomic mass is 16.1. The van der Waals surface area contributed by atoms with Crippen LogP contribution in [0.2, 0.25) is 0 Å². The van der Waals surface area contributed by atoms with Gasteiger partial charge in [0.25, 0.3) is 5.91 Å². The summed E-state index contributed by atoms with van der Waals surface area (Å²) in [5, 5.41) is 13.1. The molecule has 1 N–H and O–H groups in total. The van der Waals surface area contributed by atoms with E-state index in [0.29, 0.717) is 5.69 Å². The number of carbonyl (C=O) groups is 1. The van der Waals surface area contributed by atoms with Crippen molar-refractivity contribution >= 4 is 28.6 Å². The molecule has 0 fully saturated rings. The van der Waals surface area contributed by atoms with Gasteiger partial charge in [0, 0.05) is 35.4 Å². The molecular formula is C19H15N3O. The fourth-order valence-corrected chi connectivity index (χ4v) is 2.51. The van der Waals surface area contributed by atoms with Crippen molar-refractivity contribution in [2.24, 2.45) is 7.05 Å². The number of aromatic nitrogens is 1. The lowest BCUT2D eigenvalue weighted by atomic mass is 10.1. The third-order valence-corrected chi connectivity index (χ3v) is 3.62. The van der Waals surface area contributed by atoms with Crippen molar-refractivity contribution in [1.82, 2.24) is 4.57 Å². The van der Waals surface area contributed by atoms with Crippen molar-refractivity contribution in [2.45, 2.75) is 0 Å². The predicted octanol–water partition coefficient (Wildman–Crippen LogP) is 3.72. The molecule has 23 heavy (non-hydrogen) atoms. The Balaban J connectivity index is 1.95. The Labute approximate surface area is 134 Å². The number of para-hydroxylation sites is 2. The molecule has 4 nitrogen and oxygen atoms in total. The van der Waals surface area contributed by atoms with Crippen LogP contribution < -0.4 is 5.32 Å². The van der Waals surface area contributed by atoms with Crippen molar-refractivity contribution in [3.8, 4) is 6.07 Å². The number of anilines is 1. The number of benzene rings is 2. The minimum absolute atomic E-state index is 0.0743. The number of aryl methyl sites for hydroxylation is 1. The fourth-order valence-electron chi connectivity index (χ4n) is 2.51. The van der Waals surface area contributed by atoms with E-state index >= 15 is 0 Å². The monoisotopic (exact) mass is 301 g/mol. The van der Waals surface area contributed by atoms with Crippen LogP contribution in [0.3, 0.4) is 0 Å². The Kier molecular flexibility index (Phi) is 3.94. The van der Waals surface area contributed by atoms with Gasteiger partial charge in [-0.2, -0.15) is 5.26 Å². The van der Waals surface area contributed by atoms with Gasteiger partial charge in [0.1, 0.15) is 11.6 Å². The van der Waals surface area contributed by atoms with Crippen LogP contribution in [0.5, 0.6) is 0 Å². The van der Waals surface area contributed by atoms with Gasteiger partial charge in [-0.25, -0.2) is 0 Å². The van der Waals surface area contributed by atoms with Crippen LogP contribution in [-0.2, 0) is 11.8 Å². The molecule has 0 atom stereocenters. The summed E-state index contributed by atoms with van der Waals surface area (Å²) in [6.07, 6.45) is 3.54. The minimum atomic E-state index is -0.411. The van der Waals surface area contributed by atoms with Crippen LogP contribution in [0.4, 0.5) is 5.69 Å². The molecule has 0 bridgehead atoms. The SMILES string of the molecule is Cn1cc(/C=C(\C#N)C(=O)Nc2ccccc2)c2ccccc21. The van der Waals surface area contributed by atoms with E-state index in [0.717, 1.165) is 16.5 Å². The predicted molar refractivity (Wildman–Crippen MR) is 91.6 cm³/mol. The first-order valence-electron chi connectivity index (χ1n) is 7.21. The van der Waals surface area contributed by atoms with Gasteiger partial charge < -0.3 is 9.88 Å². The summed E-state index contributed by atoms with van der Waals surface area (Å²) in [6, 6.07) is 19.0. The van der Waals surface area contributed by atoms with E-state index in [1.54, 1.807) is 18.2 Å². The Morgan fingerprint density at radius 3 is 2.57 bits per heavy atom. The third kappa shape index (κ3) is 2.99. The number of hydrogen-bond acceptors (Lipinski definition) is 2. The molecule has 0 saturated heterocycles. The van der Waals surface area contributed by atoms with Crippen LogP contribution in [0.1, 0.15) is 5.56 Å². The molecule has 3 rings (SSSR count). The Morgan fingerprint density at radius 1 is 1.13 bits per heavy atom.